The Morgan fingerprint density at radius 1 is 0.622 bits per heavy atom. The molecule has 37 heavy (non-hydrogen) atoms. The number of amides is 1. The fourth-order valence-electron chi connectivity index (χ4n) is 4.81. The van der Waals surface area contributed by atoms with E-state index in [-0.39, 0.29) is 34.2 Å². The lowest BCUT2D eigenvalue weighted by molar-refractivity contribution is -0.117. The van der Waals surface area contributed by atoms with E-state index in [9.17, 15) is 34.2 Å². The molecule has 0 spiro atoms. The van der Waals surface area contributed by atoms with Crippen LogP contribution in [0.25, 0.3) is 11.5 Å². The number of allylic oxidation sites excluding steroid dienone is 2. The predicted molar refractivity (Wildman–Crippen MR) is 133 cm³/mol. The fourth-order valence-corrected chi connectivity index (χ4v) is 4.81. The number of primary amides is 1. The maximum absolute atomic E-state index is 13.4. The van der Waals surface area contributed by atoms with Crippen LogP contribution in [0.4, 0.5) is 0 Å². The molecule has 2 aliphatic carbocycles. The van der Waals surface area contributed by atoms with Crippen LogP contribution < -0.4 is 5.73 Å². The molecule has 8 heteroatoms. The average Bonchev–Trinajstić information content (AvgIpc) is 2.90. The van der Waals surface area contributed by atoms with Gasteiger partial charge in [-0.1, -0.05) is 72.8 Å². The van der Waals surface area contributed by atoms with Gasteiger partial charge in [-0.3, -0.25) is 24.0 Å². The van der Waals surface area contributed by atoms with Crippen LogP contribution in [-0.2, 0) is 20.8 Å². The SMILES string of the molecule is NC(=O)Cc1ccc(C(C2=C(O)c3ccccc3C(=O)C2=O)C2=C(O)c3ccccc3C(=O)C2=O)cc1. The second kappa shape index (κ2) is 8.83. The smallest absolute Gasteiger partial charge is 0.234 e. The fraction of sp³-hybridized carbons (Fsp3) is 0.0690. The van der Waals surface area contributed by atoms with Crippen molar-refractivity contribution in [3.05, 3.63) is 117 Å². The molecule has 0 aliphatic heterocycles. The monoisotopic (exact) mass is 493 g/mol. The number of hydrogen-bond donors (Lipinski definition) is 3. The quantitative estimate of drug-likeness (QED) is 0.461. The lowest BCUT2D eigenvalue weighted by Crippen LogP contribution is -2.33. The van der Waals surface area contributed by atoms with Crippen LogP contribution in [0.2, 0.25) is 0 Å². The van der Waals surface area contributed by atoms with Crippen LogP contribution in [0.5, 0.6) is 0 Å². The Hall–Kier alpha value is -5.11. The van der Waals surface area contributed by atoms with Crippen molar-refractivity contribution in [2.45, 2.75) is 12.3 Å². The van der Waals surface area contributed by atoms with Gasteiger partial charge in [0.1, 0.15) is 11.5 Å². The van der Waals surface area contributed by atoms with E-state index in [2.05, 4.69) is 0 Å². The third-order valence-corrected chi connectivity index (χ3v) is 6.53. The Morgan fingerprint density at radius 2 is 1.03 bits per heavy atom. The van der Waals surface area contributed by atoms with Crippen LogP contribution in [0.3, 0.4) is 0 Å². The number of nitrogens with two attached hydrogens (primary N) is 1. The normalized spacial score (nSPS) is 15.3. The van der Waals surface area contributed by atoms with E-state index in [1.54, 1.807) is 24.3 Å². The number of aliphatic hydroxyl groups excluding tert-OH is 2. The summed E-state index contributed by atoms with van der Waals surface area (Å²) in [6.07, 6.45) is -0.0670. The summed E-state index contributed by atoms with van der Waals surface area (Å²) >= 11 is 0. The molecule has 0 atom stereocenters. The predicted octanol–water partition coefficient (Wildman–Crippen LogP) is 3.27. The Labute approximate surface area is 210 Å². The molecule has 2 aliphatic rings. The second-order valence-electron chi connectivity index (χ2n) is 8.75. The van der Waals surface area contributed by atoms with Gasteiger partial charge < -0.3 is 15.9 Å². The van der Waals surface area contributed by atoms with E-state index in [1.807, 2.05) is 0 Å². The molecule has 0 heterocycles. The molecule has 8 nitrogen and oxygen atoms in total. The summed E-state index contributed by atoms with van der Waals surface area (Å²) in [7, 11) is 0. The zero-order chi connectivity index (χ0) is 26.4. The third kappa shape index (κ3) is 3.75. The van der Waals surface area contributed by atoms with Crippen molar-refractivity contribution in [2.24, 2.45) is 5.73 Å². The highest BCUT2D eigenvalue weighted by Crippen LogP contribution is 2.44. The minimum atomic E-state index is -1.46. The van der Waals surface area contributed by atoms with Gasteiger partial charge in [0, 0.05) is 28.2 Å². The van der Waals surface area contributed by atoms with Crippen molar-refractivity contribution in [2.75, 3.05) is 0 Å². The number of aliphatic hydroxyl groups is 2. The van der Waals surface area contributed by atoms with E-state index in [4.69, 9.17) is 5.73 Å². The highest BCUT2D eigenvalue weighted by molar-refractivity contribution is 6.55. The van der Waals surface area contributed by atoms with Gasteiger partial charge in [0.15, 0.2) is 0 Å². The Kier molecular flexibility index (Phi) is 5.64. The van der Waals surface area contributed by atoms with Crippen molar-refractivity contribution in [1.82, 2.24) is 0 Å². The highest BCUT2D eigenvalue weighted by atomic mass is 16.3. The first-order valence-electron chi connectivity index (χ1n) is 11.3. The largest absolute Gasteiger partial charge is 0.507 e. The first-order chi connectivity index (χ1) is 17.7. The molecule has 0 unspecified atom stereocenters. The maximum Gasteiger partial charge on any atom is 0.234 e. The van der Waals surface area contributed by atoms with Gasteiger partial charge in [0.2, 0.25) is 29.0 Å². The van der Waals surface area contributed by atoms with Gasteiger partial charge in [0.05, 0.1) is 17.6 Å². The molecule has 0 saturated heterocycles. The van der Waals surface area contributed by atoms with Gasteiger partial charge in [-0.2, -0.15) is 0 Å². The van der Waals surface area contributed by atoms with Crippen molar-refractivity contribution in [1.29, 1.82) is 0 Å². The maximum atomic E-state index is 13.4. The van der Waals surface area contributed by atoms with E-state index < -0.39 is 57.6 Å². The van der Waals surface area contributed by atoms with Crippen LogP contribution in [0, 0.1) is 0 Å². The summed E-state index contributed by atoms with van der Waals surface area (Å²) in [6, 6.07) is 18.0. The average molecular weight is 493 g/mol. The van der Waals surface area contributed by atoms with E-state index in [1.165, 1.54) is 48.5 Å². The topological polar surface area (TPSA) is 152 Å². The number of ketones is 4. The Balaban J connectivity index is 1.81. The molecule has 0 bridgehead atoms. The molecule has 0 fully saturated rings. The molecule has 0 saturated carbocycles. The molecule has 0 aromatic heterocycles. The summed E-state index contributed by atoms with van der Waals surface area (Å²) in [4.78, 5) is 64.1. The summed E-state index contributed by atoms with van der Waals surface area (Å²) in [5.41, 5.74) is 5.35. The van der Waals surface area contributed by atoms with Crippen molar-refractivity contribution in [3.8, 4) is 0 Å². The molecule has 182 valence electrons. The number of rotatable bonds is 5. The first kappa shape index (κ1) is 23.6. The second-order valence-corrected chi connectivity index (χ2v) is 8.75. The van der Waals surface area contributed by atoms with Crippen LogP contribution in [-0.4, -0.2) is 39.3 Å². The molecule has 5 rings (SSSR count). The van der Waals surface area contributed by atoms with Gasteiger partial charge in [0.25, 0.3) is 0 Å². The van der Waals surface area contributed by atoms with Gasteiger partial charge in [-0.05, 0) is 11.1 Å². The number of fused-ring (bicyclic) bond motifs is 2. The number of Topliss-reactive ketones (excluding diaryl/α,β-unsaturated/α-hetero) is 4. The molecule has 1 amide bonds. The molecule has 0 radical (unpaired) electrons. The van der Waals surface area contributed by atoms with E-state index in [0.717, 1.165) is 0 Å². The Morgan fingerprint density at radius 3 is 1.43 bits per heavy atom. The highest BCUT2D eigenvalue weighted by Gasteiger charge is 2.44. The van der Waals surface area contributed by atoms with Crippen LogP contribution >= 0.6 is 0 Å². The van der Waals surface area contributed by atoms with Crippen molar-refractivity contribution < 1.29 is 34.2 Å². The number of carbonyl (C=O) groups is 5. The standard InChI is InChI=1S/C29H19NO7/c30-20(31)13-14-9-11-15(12-10-14)21(22-24(32)16-5-1-3-7-18(16)26(34)28(22)36)23-25(33)17-6-2-4-8-19(17)27(35)29(23)37/h1-12,21,32-33H,13H2,(H2,30,31). The summed E-state index contributed by atoms with van der Waals surface area (Å²) < 4.78 is 0. The zero-order valence-corrected chi connectivity index (χ0v) is 19.2. The van der Waals surface area contributed by atoms with E-state index >= 15 is 0 Å². The molecular weight excluding hydrogens is 474 g/mol. The minimum Gasteiger partial charge on any atom is -0.507 e. The van der Waals surface area contributed by atoms with E-state index in [0.29, 0.717) is 5.56 Å². The Bertz CT molecular complexity index is 1520. The van der Waals surface area contributed by atoms with Crippen molar-refractivity contribution >= 4 is 40.6 Å². The van der Waals surface area contributed by atoms with Gasteiger partial charge in [-0.25, -0.2) is 0 Å². The lowest BCUT2D eigenvalue weighted by Gasteiger charge is -2.29. The minimum absolute atomic E-state index is 0.00102. The molecule has 3 aromatic rings. The van der Waals surface area contributed by atoms with Crippen LogP contribution in [0.15, 0.2) is 83.9 Å². The number of hydrogen-bond acceptors (Lipinski definition) is 7. The number of benzene rings is 3. The zero-order valence-electron chi connectivity index (χ0n) is 19.2. The van der Waals surface area contributed by atoms with Gasteiger partial charge >= 0.3 is 0 Å². The molecule has 4 N–H and O–H groups in total. The third-order valence-electron chi connectivity index (χ3n) is 6.53. The molecule has 3 aromatic carbocycles. The summed E-state index contributed by atoms with van der Waals surface area (Å²) in [5, 5.41) is 22.4. The summed E-state index contributed by atoms with van der Waals surface area (Å²) in [6.45, 7) is 0. The van der Waals surface area contributed by atoms with Gasteiger partial charge in [-0.15, -0.1) is 0 Å². The van der Waals surface area contributed by atoms with Crippen LogP contribution in [0.1, 0.15) is 48.9 Å². The first-order valence-corrected chi connectivity index (χ1v) is 11.3. The molecular formula is C29H19NO7. The van der Waals surface area contributed by atoms with Crippen molar-refractivity contribution in [3.63, 3.8) is 0 Å². The number of carbonyl (C=O) groups excluding carboxylic acids is 5. The lowest BCUT2D eigenvalue weighted by atomic mass is 9.72. The summed E-state index contributed by atoms with van der Waals surface area (Å²) in [5.74, 6) is -7.03.